The van der Waals surface area contributed by atoms with Crippen LogP contribution in [-0.4, -0.2) is 50.5 Å². The third-order valence-electron chi connectivity index (χ3n) is 6.62. The second-order valence-corrected chi connectivity index (χ2v) is 11.7. The van der Waals surface area contributed by atoms with Crippen molar-refractivity contribution >= 4 is 27.5 Å². The van der Waals surface area contributed by atoms with E-state index in [4.69, 9.17) is 0 Å². The smallest absolute Gasteiger partial charge is 0.242 e. The van der Waals surface area contributed by atoms with Crippen LogP contribution in [0.5, 0.6) is 0 Å². The van der Waals surface area contributed by atoms with Crippen molar-refractivity contribution in [1.29, 1.82) is 0 Å². The summed E-state index contributed by atoms with van der Waals surface area (Å²) in [6, 6.07) is 12.9. The van der Waals surface area contributed by atoms with Gasteiger partial charge in [0.2, 0.25) is 21.8 Å². The van der Waals surface area contributed by atoms with Crippen LogP contribution in [-0.2, 0) is 26.2 Å². The fourth-order valence-corrected chi connectivity index (χ4v) is 5.16. The Bertz CT molecular complexity index is 1150. The second kappa shape index (κ2) is 14.2. The number of carbonyl (C=O) groups is 2. The number of sulfonamides is 1. The van der Waals surface area contributed by atoms with E-state index in [1.54, 1.807) is 11.0 Å². The van der Waals surface area contributed by atoms with Crippen LogP contribution < -0.4 is 9.62 Å². The fourth-order valence-electron chi connectivity index (χ4n) is 4.20. The SMILES string of the molecule is CCCCNC(=O)[C@H](CC)N(Cc1ccc(C)cc1)C(=O)CCCN(c1ccc(C)c(C)c1)S(C)(=O)=O. The number of amides is 2. The summed E-state index contributed by atoms with van der Waals surface area (Å²) in [4.78, 5) is 28.1. The molecule has 0 radical (unpaired) electrons. The van der Waals surface area contributed by atoms with Gasteiger partial charge < -0.3 is 10.2 Å². The first kappa shape index (κ1) is 30.4. The van der Waals surface area contributed by atoms with Gasteiger partial charge in [0, 0.05) is 26.1 Å². The van der Waals surface area contributed by atoms with Gasteiger partial charge in [-0.2, -0.15) is 0 Å². The van der Waals surface area contributed by atoms with E-state index >= 15 is 0 Å². The predicted molar refractivity (Wildman–Crippen MR) is 151 cm³/mol. The Labute approximate surface area is 223 Å². The molecule has 2 amide bonds. The molecule has 0 saturated carbocycles. The standard InChI is InChI=1S/C29H43N3O4S/c1-7-9-18-30-29(34)27(8-2)31(21-25-15-12-22(3)13-16-25)28(33)11-10-19-32(37(6,35)36)26-17-14-23(4)24(5)20-26/h12-17,20,27H,7-11,18-19,21H2,1-6H3,(H,30,34)/t27-/m0/s1. The molecule has 0 aliphatic carbocycles. The van der Waals surface area contributed by atoms with Gasteiger partial charge in [-0.15, -0.1) is 0 Å². The highest BCUT2D eigenvalue weighted by molar-refractivity contribution is 7.92. The molecule has 1 N–H and O–H groups in total. The van der Waals surface area contributed by atoms with Crippen LogP contribution in [0.2, 0.25) is 0 Å². The van der Waals surface area contributed by atoms with Gasteiger partial charge in [0.25, 0.3) is 0 Å². The maximum atomic E-state index is 13.5. The number of unbranched alkanes of at least 4 members (excludes halogenated alkanes) is 1. The van der Waals surface area contributed by atoms with Crippen LogP contribution in [0.25, 0.3) is 0 Å². The largest absolute Gasteiger partial charge is 0.354 e. The Morgan fingerprint density at radius 1 is 0.946 bits per heavy atom. The summed E-state index contributed by atoms with van der Waals surface area (Å²) < 4.78 is 26.5. The maximum absolute atomic E-state index is 13.5. The number of anilines is 1. The van der Waals surface area contributed by atoms with Gasteiger partial charge in [-0.1, -0.05) is 56.2 Å². The van der Waals surface area contributed by atoms with Crippen molar-refractivity contribution in [3.63, 3.8) is 0 Å². The summed E-state index contributed by atoms with van der Waals surface area (Å²) in [5.41, 5.74) is 4.76. The summed E-state index contributed by atoms with van der Waals surface area (Å²) in [6.07, 6.45) is 4.02. The molecule has 2 aromatic rings. The Morgan fingerprint density at radius 3 is 2.19 bits per heavy atom. The van der Waals surface area contributed by atoms with Gasteiger partial charge in [-0.25, -0.2) is 8.42 Å². The number of nitrogens with one attached hydrogen (secondary N) is 1. The zero-order valence-electron chi connectivity index (χ0n) is 23.2. The molecular weight excluding hydrogens is 486 g/mol. The van der Waals surface area contributed by atoms with Crippen molar-refractivity contribution in [1.82, 2.24) is 10.2 Å². The quantitative estimate of drug-likeness (QED) is 0.353. The van der Waals surface area contributed by atoms with E-state index in [-0.39, 0.29) is 24.8 Å². The molecule has 8 heteroatoms. The van der Waals surface area contributed by atoms with Crippen molar-refractivity contribution in [3.8, 4) is 0 Å². The van der Waals surface area contributed by atoms with Crippen LogP contribution in [0, 0.1) is 20.8 Å². The van der Waals surface area contributed by atoms with Crippen LogP contribution in [0.15, 0.2) is 42.5 Å². The van der Waals surface area contributed by atoms with Gasteiger partial charge in [0.1, 0.15) is 6.04 Å². The summed E-state index contributed by atoms with van der Waals surface area (Å²) in [5, 5.41) is 2.97. The highest BCUT2D eigenvalue weighted by Crippen LogP contribution is 2.22. The first-order chi connectivity index (χ1) is 17.5. The third kappa shape index (κ3) is 9.18. The van der Waals surface area contributed by atoms with Crippen molar-refractivity contribution in [2.24, 2.45) is 0 Å². The summed E-state index contributed by atoms with van der Waals surface area (Å²) >= 11 is 0. The lowest BCUT2D eigenvalue weighted by Crippen LogP contribution is -2.49. The van der Waals surface area contributed by atoms with Gasteiger partial charge in [0.15, 0.2) is 0 Å². The van der Waals surface area contributed by atoms with Crippen LogP contribution in [0.4, 0.5) is 5.69 Å². The summed E-state index contributed by atoms with van der Waals surface area (Å²) in [6.45, 7) is 11.0. The molecule has 204 valence electrons. The molecule has 37 heavy (non-hydrogen) atoms. The first-order valence-corrected chi connectivity index (χ1v) is 15.0. The maximum Gasteiger partial charge on any atom is 0.242 e. The highest BCUT2D eigenvalue weighted by atomic mass is 32.2. The number of hydrogen-bond donors (Lipinski definition) is 1. The predicted octanol–water partition coefficient (Wildman–Crippen LogP) is 4.88. The first-order valence-electron chi connectivity index (χ1n) is 13.2. The van der Waals surface area contributed by atoms with Gasteiger partial charge >= 0.3 is 0 Å². The number of hydrogen-bond acceptors (Lipinski definition) is 4. The van der Waals surface area contributed by atoms with E-state index in [1.165, 1.54) is 10.6 Å². The average molecular weight is 530 g/mol. The van der Waals surface area contributed by atoms with Crippen molar-refractivity contribution in [3.05, 3.63) is 64.7 Å². The van der Waals surface area contributed by atoms with Crippen molar-refractivity contribution < 1.29 is 18.0 Å². The van der Waals surface area contributed by atoms with E-state index in [0.29, 0.717) is 31.6 Å². The number of aryl methyl sites for hydroxylation is 3. The van der Waals surface area contributed by atoms with E-state index in [9.17, 15) is 18.0 Å². The zero-order valence-corrected chi connectivity index (χ0v) is 24.0. The molecule has 0 fully saturated rings. The van der Waals surface area contributed by atoms with E-state index < -0.39 is 16.1 Å². The van der Waals surface area contributed by atoms with Gasteiger partial charge in [-0.3, -0.25) is 13.9 Å². The summed E-state index contributed by atoms with van der Waals surface area (Å²) in [7, 11) is -3.52. The number of rotatable bonds is 14. The molecule has 0 bridgehead atoms. The minimum Gasteiger partial charge on any atom is -0.354 e. The fraction of sp³-hybridized carbons (Fsp3) is 0.517. The average Bonchev–Trinajstić information content (AvgIpc) is 2.84. The lowest BCUT2D eigenvalue weighted by molar-refractivity contribution is -0.141. The molecule has 0 spiro atoms. The Morgan fingerprint density at radius 2 is 1.62 bits per heavy atom. The molecule has 0 unspecified atom stereocenters. The molecule has 7 nitrogen and oxygen atoms in total. The number of nitrogens with zero attached hydrogens (tertiary/aromatic N) is 2. The summed E-state index contributed by atoms with van der Waals surface area (Å²) in [5.74, 6) is -0.309. The normalized spacial score (nSPS) is 12.2. The molecule has 0 aromatic heterocycles. The van der Waals surface area contributed by atoms with Gasteiger partial charge in [-0.05, 0) is 68.9 Å². The molecule has 0 heterocycles. The number of carbonyl (C=O) groups excluding carboxylic acids is 2. The Hall–Kier alpha value is -2.87. The van der Waals surface area contributed by atoms with Crippen LogP contribution >= 0.6 is 0 Å². The number of benzene rings is 2. The third-order valence-corrected chi connectivity index (χ3v) is 7.81. The van der Waals surface area contributed by atoms with Gasteiger partial charge in [0.05, 0.1) is 11.9 Å². The molecule has 0 aliphatic rings. The van der Waals surface area contributed by atoms with Crippen LogP contribution in [0.1, 0.15) is 68.2 Å². The van der Waals surface area contributed by atoms with Crippen LogP contribution in [0.3, 0.4) is 0 Å². The highest BCUT2D eigenvalue weighted by Gasteiger charge is 2.28. The molecule has 0 saturated heterocycles. The second-order valence-electron chi connectivity index (χ2n) is 9.78. The lowest BCUT2D eigenvalue weighted by atomic mass is 10.1. The Balaban J connectivity index is 2.20. The van der Waals surface area contributed by atoms with Crippen molar-refractivity contribution in [2.75, 3.05) is 23.7 Å². The molecule has 1 atom stereocenters. The molecule has 0 aliphatic heterocycles. The monoisotopic (exact) mass is 529 g/mol. The zero-order chi connectivity index (χ0) is 27.6. The minimum absolute atomic E-state index is 0.140. The topological polar surface area (TPSA) is 86.8 Å². The molecule has 2 rings (SSSR count). The lowest BCUT2D eigenvalue weighted by Gasteiger charge is -2.31. The molecule has 2 aromatic carbocycles. The molecular formula is C29H43N3O4S. The van der Waals surface area contributed by atoms with Crippen molar-refractivity contribution in [2.45, 2.75) is 79.3 Å². The van der Waals surface area contributed by atoms with E-state index in [0.717, 1.165) is 35.1 Å². The minimum atomic E-state index is -3.52. The Kier molecular flexibility index (Phi) is 11.6. The van der Waals surface area contributed by atoms with E-state index in [2.05, 4.69) is 12.2 Å². The van der Waals surface area contributed by atoms with E-state index in [1.807, 2.05) is 64.1 Å².